The van der Waals surface area contributed by atoms with Crippen molar-refractivity contribution in [3.05, 3.63) is 40.7 Å². The summed E-state index contributed by atoms with van der Waals surface area (Å²) < 4.78 is 0. The van der Waals surface area contributed by atoms with Gasteiger partial charge in [-0.25, -0.2) is 4.85 Å². The highest BCUT2D eigenvalue weighted by molar-refractivity contribution is 5.80. The maximum absolute atomic E-state index is 11.6. The molecule has 1 N–H and O–H groups in total. The van der Waals surface area contributed by atoms with Crippen molar-refractivity contribution in [3.8, 4) is 0 Å². The number of hydrogen-bond donors (Lipinski definition) is 1. The number of benzene rings is 1. The molecule has 1 amide bonds. The lowest BCUT2D eigenvalue weighted by molar-refractivity contribution is -0.120. The van der Waals surface area contributed by atoms with Crippen LogP contribution in [-0.4, -0.2) is 12.5 Å². The van der Waals surface area contributed by atoms with Gasteiger partial charge in [-0.3, -0.25) is 4.79 Å². The maximum atomic E-state index is 11.6. The van der Waals surface area contributed by atoms with Gasteiger partial charge in [0.25, 0.3) is 0 Å². The Morgan fingerprint density at radius 1 is 1.47 bits per heavy atom. The van der Waals surface area contributed by atoms with E-state index in [1.807, 2.05) is 25.1 Å². The van der Waals surface area contributed by atoms with Gasteiger partial charge in [-0.05, 0) is 18.9 Å². The summed E-state index contributed by atoms with van der Waals surface area (Å²) in [4.78, 5) is 15.1. The fraction of sp³-hybridized carbons (Fsp3) is 0.429. The minimum absolute atomic E-state index is 0.00722. The molecule has 0 unspecified atom stereocenters. The van der Waals surface area contributed by atoms with Crippen LogP contribution in [0.2, 0.25) is 0 Å². The lowest BCUT2D eigenvalue weighted by Gasteiger charge is -2.06. The Morgan fingerprint density at radius 2 is 2.24 bits per heavy atom. The first-order chi connectivity index (χ1) is 8.17. The van der Waals surface area contributed by atoms with Gasteiger partial charge in [-0.1, -0.05) is 37.1 Å². The van der Waals surface area contributed by atoms with Crippen molar-refractivity contribution in [2.75, 3.05) is 6.54 Å². The van der Waals surface area contributed by atoms with Crippen LogP contribution >= 0.6 is 0 Å². The van der Waals surface area contributed by atoms with E-state index in [4.69, 9.17) is 6.57 Å². The van der Waals surface area contributed by atoms with Gasteiger partial charge in [0, 0.05) is 13.0 Å². The summed E-state index contributed by atoms with van der Waals surface area (Å²) >= 11 is 0. The smallest absolute Gasteiger partial charge is 0.223 e. The van der Waals surface area contributed by atoms with E-state index in [0.717, 1.165) is 24.0 Å². The van der Waals surface area contributed by atoms with Crippen LogP contribution in [0.15, 0.2) is 18.2 Å². The molecule has 0 heterocycles. The lowest BCUT2D eigenvalue weighted by Crippen LogP contribution is -2.25. The Hall–Kier alpha value is -1.82. The largest absolute Gasteiger partial charge is 0.356 e. The fourth-order valence-corrected chi connectivity index (χ4v) is 1.57. The Bertz CT molecular complexity index is 432. The van der Waals surface area contributed by atoms with Gasteiger partial charge in [0.05, 0.1) is 6.57 Å². The fourth-order valence-electron chi connectivity index (χ4n) is 1.57. The first-order valence-corrected chi connectivity index (χ1v) is 5.91. The third-order valence-electron chi connectivity index (χ3n) is 2.56. The number of unbranched alkanes of at least 4 members (excludes halogenated alkanes) is 1. The second-order valence-corrected chi connectivity index (χ2v) is 4.12. The second-order valence-electron chi connectivity index (χ2n) is 4.12. The van der Waals surface area contributed by atoms with Crippen molar-refractivity contribution < 1.29 is 4.79 Å². The van der Waals surface area contributed by atoms with Gasteiger partial charge < -0.3 is 5.32 Å². The van der Waals surface area contributed by atoms with E-state index in [1.165, 1.54) is 0 Å². The lowest BCUT2D eigenvalue weighted by atomic mass is 10.1. The van der Waals surface area contributed by atoms with Gasteiger partial charge in [-0.2, -0.15) is 0 Å². The zero-order valence-electron chi connectivity index (χ0n) is 10.4. The van der Waals surface area contributed by atoms with E-state index in [2.05, 4.69) is 17.1 Å². The molecule has 0 fully saturated rings. The zero-order valence-corrected chi connectivity index (χ0v) is 10.4. The van der Waals surface area contributed by atoms with Crippen LogP contribution in [0.25, 0.3) is 4.85 Å². The van der Waals surface area contributed by atoms with Gasteiger partial charge in [-0.15, -0.1) is 0 Å². The van der Waals surface area contributed by atoms with Crippen molar-refractivity contribution in [2.45, 2.75) is 33.1 Å². The number of carbonyl (C=O) groups is 1. The number of amides is 1. The number of hydrogen-bond acceptors (Lipinski definition) is 1. The van der Waals surface area contributed by atoms with E-state index in [9.17, 15) is 4.79 Å². The molecule has 0 aromatic heterocycles. The highest BCUT2D eigenvalue weighted by Crippen LogP contribution is 2.21. The second kappa shape index (κ2) is 6.70. The van der Waals surface area contributed by atoms with E-state index in [1.54, 1.807) is 0 Å². The molecule has 0 spiro atoms. The molecule has 0 saturated carbocycles. The van der Waals surface area contributed by atoms with Crippen LogP contribution in [-0.2, 0) is 11.2 Å². The first kappa shape index (κ1) is 13.2. The molecule has 0 atom stereocenters. The summed E-state index contributed by atoms with van der Waals surface area (Å²) in [7, 11) is 0. The molecule has 0 bridgehead atoms. The third kappa shape index (κ3) is 4.28. The molecule has 17 heavy (non-hydrogen) atoms. The summed E-state index contributed by atoms with van der Waals surface area (Å²) in [5, 5.41) is 2.86. The van der Waals surface area contributed by atoms with Crippen molar-refractivity contribution in [1.29, 1.82) is 0 Å². The number of carbonyl (C=O) groups excluding carboxylic acids is 1. The summed E-state index contributed by atoms with van der Waals surface area (Å²) in [6.07, 6.45) is 2.36. The predicted octanol–water partition coefficient (Wildman–Crippen LogP) is 3.00. The monoisotopic (exact) mass is 230 g/mol. The van der Waals surface area contributed by atoms with E-state index in [-0.39, 0.29) is 5.91 Å². The normalized spacial score (nSPS) is 9.71. The average Bonchev–Trinajstić information content (AvgIpc) is 2.32. The molecule has 0 aliphatic rings. The van der Waals surface area contributed by atoms with Crippen LogP contribution < -0.4 is 5.32 Å². The predicted molar refractivity (Wildman–Crippen MR) is 69.1 cm³/mol. The SMILES string of the molecule is [C-]#[N+]c1cc(C)ccc1CC(=O)NCCCC. The van der Waals surface area contributed by atoms with Crippen LogP contribution in [0.5, 0.6) is 0 Å². The van der Waals surface area contributed by atoms with Crippen molar-refractivity contribution in [2.24, 2.45) is 0 Å². The van der Waals surface area contributed by atoms with Crippen LogP contribution in [0.3, 0.4) is 0 Å². The van der Waals surface area contributed by atoms with Crippen LogP contribution in [0, 0.1) is 13.5 Å². The van der Waals surface area contributed by atoms with Crippen LogP contribution in [0.1, 0.15) is 30.9 Å². The molecule has 0 saturated heterocycles. The van der Waals surface area contributed by atoms with Crippen molar-refractivity contribution in [1.82, 2.24) is 5.32 Å². The van der Waals surface area contributed by atoms with Gasteiger partial charge in [0.2, 0.25) is 5.91 Å². The topological polar surface area (TPSA) is 33.5 Å². The van der Waals surface area contributed by atoms with E-state index >= 15 is 0 Å². The molecule has 1 aromatic carbocycles. The minimum atomic E-state index is -0.00722. The quantitative estimate of drug-likeness (QED) is 0.612. The Labute approximate surface area is 103 Å². The molecule has 1 rings (SSSR count). The molecular formula is C14H18N2O. The molecule has 3 nitrogen and oxygen atoms in total. The standard InChI is InChI=1S/C14H18N2O/c1-4-5-8-16-14(17)10-12-7-6-11(2)9-13(12)15-3/h6-7,9H,4-5,8,10H2,1-2H3,(H,16,17). The van der Waals surface area contributed by atoms with Crippen LogP contribution in [0.4, 0.5) is 5.69 Å². The maximum Gasteiger partial charge on any atom is 0.223 e. The molecule has 0 aliphatic heterocycles. The minimum Gasteiger partial charge on any atom is -0.356 e. The van der Waals surface area contributed by atoms with Crippen molar-refractivity contribution >= 4 is 11.6 Å². The molecule has 90 valence electrons. The molecule has 3 heteroatoms. The highest BCUT2D eigenvalue weighted by atomic mass is 16.1. The van der Waals surface area contributed by atoms with Gasteiger partial charge in [0.1, 0.15) is 0 Å². The number of nitrogens with one attached hydrogen (secondary N) is 1. The average molecular weight is 230 g/mol. The number of rotatable bonds is 5. The Balaban J connectivity index is 2.62. The highest BCUT2D eigenvalue weighted by Gasteiger charge is 2.07. The summed E-state index contributed by atoms with van der Waals surface area (Å²) in [5.74, 6) is -0.00722. The summed E-state index contributed by atoms with van der Waals surface area (Å²) in [5.41, 5.74) is 2.43. The zero-order chi connectivity index (χ0) is 12.7. The number of nitrogens with zero attached hydrogens (tertiary/aromatic N) is 1. The molecule has 0 aliphatic carbocycles. The van der Waals surface area contributed by atoms with Gasteiger partial charge >= 0.3 is 0 Å². The van der Waals surface area contributed by atoms with E-state index in [0.29, 0.717) is 18.7 Å². The van der Waals surface area contributed by atoms with Gasteiger partial charge in [0.15, 0.2) is 5.69 Å². The summed E-state index contributed by atoms with van der Waals surface area (Å²) in [6, 6.07) is 5.62. The molecule has 1 aromatic rings. The van der Waals surface area contributed by atoms with E-state index < -0.39 is 0 Å². The van der Waals surface area contributed by atoms with Crippen molar-refractivity contribution in [3.63, 3.8) is 0 Å². The molecule has 0 radical (unpaired) electrons. The first-order valence-electron chi connectivity index (χ1n) is 5.91. The molecular weight excluding hydrogens is 212 g/mol. The Kier molecular flexibility index (Phi) is 5.22. The third-order valence-corrected chi connectivity index (χ3v) is 2.56. The number of aryl methyl sites for hydroxylation is 1. The Morgan fingerprint density at radius 3 is 2.88 bits per heavy atom. The summed E-state index contributed by atoms with van der Waals surface area (Å²) in [6.45, 7) is 11.8.